The van der Waals surface area contributed by atoms with Crippen LogP contribution in [-0.2, 0) is 6.54 Å². The van der Waals surface area contributed by atoms with E-state index in [2.05, 4.69) is 58.3 Å². The second-order valence-corrected chi connectivity index (χ2v) is 5.76. The molecule has 2 aromatic rings. The number of nitriles is 1. The van der Waals surface area contributed by atoms with E-state index in [1.165, 1.54) is 16.3 Å². The standard InChI is InChI=1S/C18H21N3/c1-15(13-19)21-11-9-20(10-12-21)14-17-7-4-6-16-5-2-3-8-18(16)17/h2-8,15H,9-12,14H2,1H3/t15-/m0/s1. The van der Waals surface area contributed by atoms with E-state index in [-0.39, 0.29) is 6.04 Å². The Labute approximate surface area is 126 Å². The molecule has 3 rings (SSSR count). The van der Waals surface area contributed by atoms with Gasteiger partial charge in [0.1, 0.15) is 0 Å². The lowest BCUT2D eigenvalue weighted by molar-refractivity contribution is 0.115. The highest BCUT2D eigenvalue weighted by Gasteiger charge is 2.20. The molecule has 3 nitrogen and oxygen atoms in total. The molecule has 1 aliphatic heterocycles. The van der Waals surface area contributed by atoms with Crippen molar-refractivity contribution in [2.24, 2.45) is 0 Å². The van der Waals surface area contributed by atoms with E-state index in [1.54, 1.807) is 0 Å². The van der Waals surface area contributed by atoms with Gasteiger partial charge in [-0.15, -0.1) is 0 Å². The number of rotatable bonds is 3. The van der Waals surface area contributed by atoms with E-state index in [0.29, 0.717) is 0 Å². The summed E-state index contributed by atoms with van der Waals surface area (Å²) in [7, 11) is 0. The van der Waals surface area contributed by atoms with Gasteiger partial charge in [0, 0.05) is 32.7 Å². The maximum atomic E-state index is 9.00. The lowest BCUT2D eigenvalue weighted by Gasteiger charge is -2.36. The molecule has 0 amide bonds. The first-order valence-electron chi connectivity index (χ1n) is 7.60. The number of hydrogen-bond acceptors (Lipinski definition) is 3. The molecule has 0 unspecified atom stereocenters. The number of benzene rings is 2. The van der Waals surface area contributed by atoms with E-state index >= 15 is 0 Å². The van der Waals surface area contributed by atoms with Crippen LogP contribution in [0.5, 0.6) is 0 Å². The van der Waals surface area contributed by atoms with Gasteiger partial charge in [-0.2, -0.15) is 5.26 Å². The Bertz CT molecular complexity index is 646. The third kappa shape index (κ3) is 3.07. The van der Waals surface area contributed by atoms with Crippen LogP contribution in [0.1, 0.15) is 12.5 Å². The molecule has 3 heteroatoms. The first kappa shape index (κ1) is 14.1. The smallest absolute Gasteiger partial charge is 0.0950 e. The van der Waals surface area contributed by atoms with Crippen LogP contribution in [0.3, 0.4) is 0 Å². The molecule has 0 spiro atoms. The van der Waals surface area contributed by atoms with Crippen molar-refractivity contribution in [3.63, 3.8) is 0 Å². The molecule has 1 aliphatic rings. The van der Waals surface area contributed by atoms with Crippen molar-refractivity contribution in [1.29, 1.82) is 5.26 Å². The summed E-state index contributed by atoms with van der Waals surface area (Å²) in [5, 5.41) is 11.7. The van der Waals surface area contributed by atoms with E-state index < -0.39 is 0 Å². The number of nitrogens with zero attached hydrogens (tertiary/aromatic N) is 3. The average molecular weight is 279 g/mol. The van der Waals surface area contributed by atoms with Crippen molar-refractivity contribution in [2.75, 3.05) is 26.2 Å². The Morgan fingerprint density at radius 3 is 2.52 bits per heavy atom. The normalized spacial score (nSPS) is 18.5. The number of piperazine rings is 1. The summed E-state index contributed by atoms with van der Waals surface area (Å²) < 4.78 is 0. The molecule has 0 aromatic heterocycles. The van der Waals surface area contributed by atoms with Crippen LogP contribution < -0.4 is 0 Å². The van der Waals surface area contributed by atoms with Crippen molar-refractivity contribution in [3.8, 4) is 6.07 Å². The molecular weight excluding hydrogens is 258 g/mol. The largest absolute Gasteiger partial charge is 0.297 e. The van der Waals surface area contributed by atoms with E-state index in [0.717, 1.165) is 32.7 Å². The van der Waals surface area contributed by atoms with Crippen LogP contribution >= 0.6 is 0 Å². The highest BCUT2D eigenvalue weighted by Crippen LogP contribution is 2.20. The zero-order valence-electron chi connectivity index (χ0n) is 12.5. The molecule has 0 saturated carbocycles. The summed E-state index contributed by atoms with van der Waals surface area (Å²) in [6.07, 6.45) is 0. The summed E-state index contributed by atoms with van der Waals surface area (Å²) in [4.78, 5) is 4.75. The highest BCUT2D eigenvalue weighted by atomic mass is 15.3. The molecule has 1 heterocycles. The minimum Gasteiger partial charge on any atom is -0.297 e. The summed E-state index contributed by atoms with van der Waals surface area (Å²) in [5.41, 5.74) is 1.40. The summed E-state index contributed by atoms with van der Waals surface area (Å²) >= 11 is 0. The lowest BCUT2D eigenvalue weighted by atomic mass is 10.0. The summed E-state index contributed by atoms with van der Waals surface area (Å²) in [5.74, 6) is 0. The molecule has 108 valence electrons. The maximum Gasteiger partial charge on any atom is 0.0950 e. The van der Waals surface area contributed by atoms with Gasteiger partial charge in [-0.1, -0.05) is 42.5 Å². The van der Waals surface area contributed by atoms with Gasteiger partial charge in [-0.05, 0) is 23.3 Å². The van der Waals surface area contributed by atoms with Gasteiger partial charge in [0.05, 0.1) is 12.1 Å². The second-order valence-electron chi connectivity index (χ2n) is 5.76. The van der Waals surface area contributed by atoms with E-state index in [9.17, 15) is 0 Å². The van der Waals surface area contributed by atoms with Crippen LogP contribution in [0.4, 0.5) is 0 Å². The van der Waals surface area contributed by atoms with Crippen LogP contribution in [0.15, 0.2) is 42.5 Å². The fourth-order valence-electron chi connectivity index (χ4n) is 3.06. The Morgan fingerprint density at radius 2 is 1.76 bits per heavy atom. The van der Waals surface area contributed by atoms with Gasteiger partial charge >= 0.3 is 0 Å². The van der Waals surface area contributed by atoms with Gasteiger partial charge in [-0.25, -0.2) is 0 Å². The molecular formula is C18H21N3. The number of fused-ring (bicyclic) bond motifs is 1. The predicted molar refractivity (Wildman–Crippen MR) is 85.9 cm³/mol. The summed E-state index contributed by atoms with van der Waals surface area (Å²) in [6.45, 7) is 7.03. The zero-order chi connectivity index (χ0) is 14.7. The number of hydrogen-bond donors (Lipinski definition) is 0. The van der Waals surface area contributed by atoms with Crippen molar-refractivity contribution in [3.05, 3.63) is 48.0 Å². The molecule has 1 atom stereocenters. The molecule has 21 heavy (non-hydrogen) atoms. The fourth-order valence-corrected chi connectivity index (χ4v) is 3.06. The molecule has 0 N–H and O–H groups in total. The van der Waals surface area contributed by atoms with Gasteiger partial charge in [0.25, 0.3) is 0 Å². The molecule has 1 saturated heterocycles. The molecule has 0 aliphatic carbocycles. The lowest BCUT2D eigenvalue weighted by Crippen LogP contribution is -2.48. The van der Waals surface area contributed by atoms with Crippen molar-refractivity contribution in [1.82, 2.24) is 9.80 Å². The minimum atomic E-state index is 0.0321. The second kappa shape index (κ2) is 6.26. The third-order valence-electron chi connectivity index (χ3n) is 4.42. The summed E-state index contributed by atoms with van der Waals surface area (Å²) in [6, 6.07) is 17.5. The van der Waals surface area contributed by atoms with Gasteiger partial charge < -0.3 is 0 Å². The quantitative estimate of drug-likeness (QED) is 0.865. The van der Waals surface area contributed by atoms with Crippen LogP contribution in [0, 0.1) is 11.3 Å². The van der Waals surface area contributed by atoms with E-state index in [4.69, 9.17) is 5.26 Å². The highest BCUT2D eigenvalue weighted by molar-refractivity contribution is 5.85. The van der Waals surface area contributed by atoms with Crippen molar-refractivity contribution >= 4 is 10.8 Å². The molecule has 2 aromatic carbocycles. The Morgan fingerprint density at radius 1 is 1.05 bits per heavy atom. The van der Waals surface area contributed by atoms with Crippen LogP contribution in [0.25, 0.3) is 10.8 Å². The first-order valence-corrected chi connectivity index (χ1v) is 7.60. The Kier molecular flexibility index (Phi) is 4.19. The predicted octanol–water partition coefficient (Wildman–Crippen LogP) is 2.87. The fraction of sp³-hybridized carbons (Fsp3) is 0.389. The van der Waals surface area contributed by atoms with Crippen LogP contribution in [-0.4, -0.2) is 42.0 Å². The Balaban J connectivity index is 1.69. The van der Waals surface area contributed by atoms with E-state index in [1.807, 2.05) is 6.92 Å². The molecule has 1 fully saturated rings. The van der Waals surface area contributed by atoms with Gasteiger partial charge in [-0.3, -0.25) is 9.80 Å². The molecule has 0 bridgehead atoms. The SMILES string of the molecule is C[C@@H](C#N)N1CCN(Cc2cccc3ccccc23)CC1. The van der Waals surface area contributed by atoms with Crippen LogP contribution in [0.2, 0.25) is 0 Å². The third-order valence-corrected chi connectivity index (χ3v) is 4.42. The maximum absolute atomic E-state index is 9.00. The van der Waals surface area contributed by atoms with Crippen molar-refractivity contribution < 1.29 is 0 Å². The van der Waals surface area contributed by atoms with Crippen molar-refractivity contribution in [2.45, 2.75) is 19.5 Å². The monoisotopic (exact) mass is 279 g/mol. The average Bonchev–Trinajstić information content (AvgIpc) is 2.55. The first-order chi connectivity index (χ1) is 10.3. The van der Waals surface area contributed by atoms with Gasteiger partial charge in [0.2, 0.25) is 0 Å². The topological polar surface area (TPSA) is 30.3 Å². The Hall–Kier alpha value is -1.89. The molecule has 0 radical (unpaired) electrons. The zero-order valence-corrected chi connectivity index (χ0v) is 12.5. The minimum absolute atomic E-state index is 0.0321. The van der Waals surface area contributed by atoms with Gasteiger partial charge in [0.15, 0.2) is 0 Å².